The summed E-state index contributed by atoms with van der Waals surface area (Å²) in [5.74, 6) is 0.300. The van der Waals surface area contributed by atoms with Crippen LogP contribution in [0.25, 0.3) is 0 Å². The molecule has 5 atom stereocenters. The van der Waals surface area contributed by atoms with E-state index in [-0.39, 0.29) is 18.4 Å². The van der Waals surface area contributed by atoms with Gasteiger partial charge in [0, 0.05) is 25.2 Å². The first-order chi connectivity index (χ1) is 17.2. The summed E-state index contributed by atoms with van der Waals surface area (Å²) in [4.78, 5) is 14.2. The van der Waals surface area contributed by atoms with E-state index in [9.17, 15) is 24.5 Å². The number of aliphatic hydroxyl groups is 3. The molecule has 5 unspecified atom stereocenters. The number of ether oxygens (including phenoxy) is 2. The Balaban J connectivity index is 1.56. The Morgan fingerprint density at radius 1 is 1.17 bits per heavy atom. The van der Waals surface area contributed by atoms with Crippen LogP contribution in [0.3, 0.4) is 0 Å². The zero-order valence-corrected chi connectivity index (χ0v) is 21.3. The van der Waals surface area contributed by atoms with E-state index < -0.39 is 37.4 Å². The van der Waals surface area contributed by atoms with Crippen LogP contribution in [-0.2, 0) is 27.1 Å². The second-order valence-electron chi connectivity index (χ2n) is 10.1. The molecule has 202 valence electrons. The number of nitrogens with two attached hydrogens (primary N) is 1. The minimum Gasteiger partial charge on any atom is -0.402 e. The van der Waals surface area contributed by atoms with Crippen LogP contribution in [0.2, 0.25) is 0 Å². The summed E-state index contributed by atoms with van der Waals surface area (Å²) in [6.07, 6.45) is -2.82. The second kappa shape index (κ2) is 13.5. The molecule has 0 radical (unpaired) electrons. The van der Waals surface area contributed by atoms with Crippen molar-refractivity contribution in [2.45, 2.75) is 83.1 Å². The summed E-state index contributed by atoms with van der Waals surface area (Å²) in [5, 5.41) is 29.4. The van der Waals surface area contributed by atoms with Crippen LogP contribution in [0.5, 0.6) is 0 Å². The molecular formula is C27H41FN2O6. The standard InChI is InChI=1S/C27H41FN2O6/c1-17(2)24(29)20(16-35-27-26(34)25(33)23(28)21(15-31)36-27)14-19-10-8-18(9-11-19)6-5-7-22(32)30-12-3-4-13-30/h8-11,17,21,23,25-27,31,33-34H,3-7,12-16,29H2,1-2H3/b24-20-. The topological polar surface area (TPSA) is 125 Å². The van der Waals surface area contributed by atoms with Gasteiger partial charge in [-0.15, -0.1) is 0 Å². The third kappa shape index (κ3) is 7.49. The number of halogens is 1. The summed E-state index contributed by atoms with van der Waals surface area (Å²) in [6.45, 7) is 5.09. The number of amides is 1. The molecule has 0 saturated carbocycles. The maximum Gasteiger partial charge on any atom is 0.222 e. The van der Waals surface area contributed by atoms with E-state index in [4.69, 9.17) is 15.2 Å². The molecule has 0 aliphatic carbocycles. The van der Waals surface area contributed by atoms with Crippen molar-refractivity contribution >= 4 is 5.91 Å². The van der Waals surface area contributed by atoms with Crippen molar-refractivity contribution in [1.82, 2.24) is 4.90 Å². The van der Waals surface area contributed by atoms with E-state index in [1.54, 1.807) is 0 Å². The molecule has 8 nitrogen and oxygen atoms in total. The number of aliphatic hydroxyl groups excluding tert-OH is 3. The molecule has 1 aromatic rings. The van der Waals surface area contributed by atoms with Gasteiger partial charge < -0.3 is 35.4 Å². The molecular weight excluding hydrogens is 467 g/mol. The van der Waals surface area contributed by atoms with Crippen LogP contribution in [-0.4, -0.2) is 83.2 Å². The molecule has 2 heterocycles. The van der Waals surface area contributed by atoms with Crippen LogP contribution in [0, 0.1) is 5.92 Å². The van der Waals surface area contributed by atoms with Gasteiger partial charge in [-0.2, -0.15) is 0 Å². The Hall–Kier alpha value is -2.04. The number of nitrogens with zero attached hydrogens (tertiary/aromatic N) is 1. The van der Waals surface area contributed by atoms with Crippen molar-refractivity contribution in [3.05, 3.63) is 46.7 Å². The highest BCUT2D eigenvalue weighted by atomic mass is 19.1. The molecule has 36 heavy (non-hydrogen) atoms. The SMILES string of the molecule is CC(C)/C(N)=C(/COC1OC(CO)C(F)C(O)C1O)Cc1ccc(CCCC(=O)N2CCCC2)cc1. The maximum atomic E-state index is 14.0. The first-order valence-electron chi connectivity index (χ1n) is 12.9. The second-order valence-corrected chi connectivity index (χ2v) is 10.1. The highest BCUT2D eigenvalue weighted by Gasteiger charge is 2.45. The zero-order chi connectivity index (χ0) is 26.2. The lowest BCUT2D eigenvalue weighted by molar-refractivity contribution is -0.288. The highest BCUT2D eigenvalue weighted by Crippen LogP contribution is 2.26. The summed E-state index contributed by atoms with van der Waals surface area (Å²) < 4.78 is 25.0. The number of rotatable bonds is 11. The van der Waals surface area contributed by atoms with E-state index in [0.717, 1.165) is 55.5 Å². The third-order valence-electron chi connectivity index (χ3n) is 7.01. The average Bonchev–Trinajstić information content (AvgIpc) is 3.42. The minimum absolute atomic E-state index is 0.0217. The van der Waals surface area contributed by atoms with Crippen molar-refractivity contribution in [2.75, 3.05) is 26.3 Å². The lowest BCUT2D eigenvalue weighted by Crippen LogP contribution is -2.57. The van der Waals surface area contributed by atoms with Crippen molar-refractivity contribution in [3.63, 3.8) is 0 Å². The van der Waals surface area contributed by atoms with Gasteiger partial charge in [-0.3, -0.25) is 4.79 Å². The molecule has 9 heteroatoms. The molecule has 0 spiro atoms. The predicted octanol–water partition coefficient (Wildman–Crippen LogP) is 1.84. The summed E-state index contributed by atoms with van der Waals surface area (Å²) in [6, 6.07) is 8.15. The fourth-order valence-electron chi connectivity index (χ4n) is 4.64. The monoisotopic (exact) mass is 508 g/mol. The number of hydrogen-bond donors (Lipinski definition) is 4. The van der Waals surface area contributed by atoms with E-state index in [2.05, 4.69) is 12.1 Å². The van der Waals surface area contributed by atoms with Crippen molar-refractivity contribution in [1.29, 1.82) is 0 Å². The highest BCUT2D eigenvalue weighted by molar-refractivity contribution is 5.76. The van der Waals surface area contributed by atoms with Crippen LogP contribution < -0.4 is 5.73 Å². The number of likely N-dealkylation sites (tertiary alicyclic amines) is 1. The Kier molecular flexibility index (Phi) is 10.7. The Morgan fingerprint density at radius 2 is 1.81 bits per heavy atom. The Bertz CT molecular complexity index is 870. The van der Waals surface area contributed by atoms with Crippen molar-refractivity contribution in [2.24, 2.45) is 11.7 Å². The normalized spacial score (nSPS) is 27.4. The van der Waals surface area contributed by atoms with Gasteiger partial charge in [-0.1, -0.05) is 38.1 Å². The Labute approximate surface area is 212 Å². The molecule has 2 aliphatic heterocycles. The van der Waals surface area contributed by atoms with Gasteiger partial charge in [0.15, 0.2) is 12.5 Å². The summed E-state index contributed by atoms with van der Waals surface area (Å²) >= 11 is 0. The van der Waals surface area contributed by atoms with Gasteiger partial charge in [0.25, 0.3) is 0 Å². The van der Waals surface area contributed by atoms with Gasteiger partial charge in [-0.25, -0.2) is 4.39 Å². The van der Waals surface area contributed by atoms with Gasteiger partial charge in [-0.05, 0) is 54.7 Å². The lowest BCUT2D eigenvalue weighted by Gasteiger charge is -2.38. The van der Waals surface area contributed by atoms with E-state index >= 15 is 0 Å². The maximum absolute atomic E-state index is 14.0. The molecule has 1 aromatic carbocycles. The molecule has 2 aliphatic rings. The minimum atomic E-state index is -1.91. The lowest BCUT2D eigenvalue weighted by atomic mass is 9.97. The fourth-order valence-corrected chi connectivity index (χ4v) is 4.64. The number of aryl methyl sites for hydroxylation is 1. The van der Waals surface area contributed by atoms with Crippen molar-refractivity contribution in [3.8, 4) is 0 Å². The molecule has 3 rings (SSSR count). The van der Waals surface area contributed by atoms with Crippen molar-refractivity contribution < 1.29 is 34.0 Å². The van der Waals surface area contributed by atoms with Crippen LogP contribution in [0.15, 0.2) is 35.5 Å². The molecule has 1 amide bonds. The third-order valence-corrected chi connectivity index (χ3v) is 7.01. The first-order valence-corrected chi connectivity index (χ1v) is 12.9. The van der Waals surface area contributed by atoms with Gasteiger partial charge in [0.05, 0.1) is 13.2 Å². The predicted molar refractivity (Wildman–Crippen MR) is 134 cm³/mol. The number of benzene rings is 1. The van der Waals surface area contributed by atoms with Crippen LogP contribution >= 0.6 is 0 Å². The quantitative estimate of drug-likeness (QED) is 0.359. The number of carbonyl (C=O) groups excluding carboxylic acids is 1. The molecule has 0 bridgehead atoms. The van der Waals surface area contributed by atoms with Gasteiger partial charge in [0.1, 0.15) is 18.3 Å². The van der Waals surface area contributed by atoms with E-state index in [1.165, 1.54) is 0 Å². The largest absolute Gasteiger partial charge is 0.402 e. The molecule has 0 aromatic heterocycles. The smallest absolute Gasteiger partial charge is 0.222 e. The summed E-state index contributed by atoms with van der Waals surface area (Å²) in [5.41, 5.74) is 9.97. The number of carbonyl (C=O) groups is 1. The number of hydrogen-bond acceptors (Lipinski definition) is 7. The van der Waals surface area contributed by atoms with Crippen LogP contribution in [0.1, 0.15) is 50.7 Å². The van der Waals surface area contributed by atoms with Gasteiger partial charge >= 0.3 is 0 Å². The molecule has 2 fully saturated rings. The van der Waals surface area contributed by atoms with Crippen LogP contribution in [0.4, 0.5) is 4.39 Å². The number of alkyl halides is 1. The molecule has 2 saturated heterocycles. The zero-order valence-electron chi connectivity index (χ0n) is 21.3. The molecule has 5 N–H and O–H groups in total. The first kappa shape index (κ1) is 28.5. The van der Waals surface area contributed by atoms with Gasteiger partial charge in [0.2, 0.25) is 5.91 Å². The fraction of sp³-hybridized carbons (Fsp3) is 0.667. The Morgan fingerprint density at radius 3 is 2.42 bits per heavy atom. The number of allylic oxidation sites excluding steroid dienone is 1. The average molecular weight is 509 g/mol. The van der Waals surface area contributed by atoms with E-state index in [0.29, 0.717) is 18.5 Å². The summed E-state index contributed by atoms with van der Waals surface area (Å²) in [7, 11) is 0. The van der Waals surface area contributed by atoms with E-state index in [1.807, 2.05) is 30.9 Å².